The van der Waals surface area contributed by atoms with Crippen molar-refractivity contribution < 1.29 is 14.3 Å². The van der Waals surface area contributed by atoms with Gasteiger partial charge in [-0.2, -0.15) is 5.10 Å². The molecule has 110 valence electrons. The van der Waals surface area contributed by atoms with Gasteiger partial charge < -0.3 is 15.2 Å². The Bertz CT molecular complexity index is 625. The molecule has 0 aliphatic rings. The van der Waals surface area contributed by atoms with Gasteiger partial charge in [-0.05, 0) is 30.7 Å². The third-order valence-corrected chi connectivity index (χ3v) is 2.38. The molecule has 0 spiro atoms. The Labute approximate surface area is 121 Å². The van der Waals surface area contributed by atoms with E-state index in [4.69, 9.17) is 15.2 Å². The van der Waals surface area contributed by atoms with Crippen molar-refractivity contribution in [1.29, 1.82) is 0 Å². The fourth-order valence-corrected chi connectivity index (χ4v) is 1.53. The van der Waals surface area contributed by atoms with Gasteiger partial charge in [-0.1, -0.05) is 0 Å². The number of ether oxygens (including phenoxy) is 2. The van der Waals surface area contributed by atoms with E-state index in [1.54, 1.807) is 24.4 Å². The van der Waals surface area contributed by atoms with Gasteiger partial charge in [0, 0.05) is 0 Å². The van der Waals surface area contributed by atoms with Gasteiger partial charge in [0.15, 0.2) is 18.1 Å². The maximum Gasteiger partial charge on any atom is 0.255 e. The summed E-state index contributed by atoms with van der Waals surface area (Å²) < 4.78 is 12.2. The first kappa shape index (κ1) is 14.5. The summed E-state index contributed by atoms with van der Waals surface area (Å²) >= 11 is 0. The van der Waals surface area contributed by atoms with E-state index in [1.165, 1.54) is 17.3 Å². The van der Waals surface area contributed by atoms with Gasteiger partial charge in [-0.25, -0.2) is 4.68 Å². The topological polar surface area (TPSA) is 105 Å². The number of primary amides is 1. The molecule has 1 aromatic heterocycles. The zero-order chi connectivity index (χ0) is 15.1. The number of carbonyl (C=O) groups is 1. The van der Waals surface area contributed by atoms with Crippen LogP contribution >= 0.6 is 0 Å². The number of nitrogens with two attached hydrogens (primary N) is 1. The summed E-state index contributed by atoms with van der Waals surface area (Å²) in [4.78, 5) is 10.8. The van der Waals surface area contributed by atoms with Crippen LogP contribution in [0.15, 0.2) is 36.0 Å². The molecule has 0 radical (unpaired) electrons. The summed E-state index contributed by atoms with van der Waals surface area (Å²) in [5.41, 5.74) is 5.86. The molecule has 2 rings (SSSR count). The van der Waals surface area contributed by atoms with Crippen LogP contribution in [0, 0.1) is 0 Å². The number of benzene rings is 1. The number of hydrogen-bond acceptors (Lipinski definition) is 6. The molecule has 0 bridgehead atoms. The molecule has 1 amide bonds. The quantitative estimate of drug-likeness (QED) is 0.744. The van der Waals surface area contributed by atoms with Crippen molar-refractivity contribution in [3.63, 3.8) is 0 Å². The molecule has 0 aliphatic carbocycles. The van der Waals surface area contributed by atoms with E-state index >= 15 is 0 Å². The lowest BCUT2D eigenvalue weighted by Crippen LogP contribution is -2.20. The Morgan fingerprint density at radius 1 is 1.33 bits per heavy atom. The van der Waals surface area contributed by atoms with Gasteiger partial charge in [0.2, 0.25) is 0 Å². The number of amides is 1. The molecule has 0 fully saturated rings. The van der Waals surface area contributed by atoms with E-state index in [-0.39, 0.29) is 6.61 Å². The number of rotatable bonds is 7. The van der Waals surface area contributed by atoms with Crippen LogP contribution in [-0.4, -0.2) is 40.2 Å². The molecule has 2 N–H and O–H groups in total. The van der Waals surface area contributed by atoms with E-state index < -0.39 is 5.91 Å². The number of nitrogens with zero attached hydrogens (tertiary/aromatic N) is 4. The van der Waals surface area contributed by atoms with Crippen LogP contribution in [0.1, 0.15) is 12.5 Å². The van der Waals surface area contributed by atoms with Crippen LogP contribution in [-0.2, 0) is 4.79 Å². The third kappa shape index (κ3) is 4.30. The number of aromatic nitrogens is 3. The smallest absolute Gasteiger partial charge is 0.255 e. The van der Waals surface area contributed by atoms with E-state index in [1.807, 2.05) is 6.92 Å². The second kappa shape index (κ2) is 7.04. The van der Waals surface area contributed by atoms with E-state index in [9.17, 15) is 4.79 Å². The third-order valence-electron chi connectivity index (χ3n) is 2.38. The molecule has 0 unspecified atom stereocenters. The maximum absolute atomic E-state index is 10.8. The summed E-state index contributed by atoms with van der Waals surface area (Å²) in [7, 11) is 0. The minimum Gasteiger partial charge on any atom is -0.490 e. The second-order valence-corrected chi connectivity index (χ2v) is 3.98. The lowest BCUT2D eigenvalue weighted by molar-refractivity contribution is -0.119. The van der Waals surface area contributed by atoms with Gasteiger partial charge in [0.25, 0.3) is 5.91 Å². The van der Waals surface area contributed by atoms with Gasteiger partial charge in [0.1, 0.15) is 12.7 Å². The molecule has 8 nitrogen and oxygen atoms in total. The summed E-state index contributed by atoms with van der Waals surface area (Å²) in [6, 6.07) is 5.24. The predicted octanol–water partition coefficient (Wildman–Crippen LogP) is 0.423. The first-order chi connectivity index (χ1) is 10.2. The molecule has 0 saturated heterocycles. The van der Waals surface area contributed by atoms with Crippen molar-refractivity contribution in [2.45, 2.75) is 6.92 Å². The average molecular weight is 289 g/mol. The fraction of sp³-hybridized carbons (Fsp3) is 0.231. The molecular formula is C13H15N5O3. The van der Waals surface area contributed by atoms with E-state index in [2.05, 4.69) is 15.3 Å². The van der Waals surface area contributed by atoms with Crippen molar-refractivity contribution in [2.75, 3.05) is 13.2 Å². The van der Waals surface area contributed by atoms with Crippen LogP contribution in [0.3, 0.4) is 0 Å². The summed E-state index contributed by atoms with van der Waals surface area (Å²) in [5.74, 6) is 0.430. The van der Waals surface area contributed by atoms with Crippen LogP contribution in [0.25, 0.3) is 0 Å². The van der Waals surface area contributed by atoms with Crippen LogP contribution in [0.5, 0.6) is 11.5 Å². The van der Waals surface area contributed by atoms with Gasteiger partial charge >= 0.3 is 0 Å². The summed E-state index contributed by atoms with van der Waals surface area (Å²) in [6.45, 7) is 2.13. The standard InChI is InChI=1S/C13H15N5O3/c1-2-20-12-5-10(6-17-18-8-15-16-9-18)3-4-11(12)21-7-13(14)19/h3-6,8-9H,2,7H2,1H3,(H2,14,19)/b17-6+. The fourth-order valence-electron chi connectivity index (χ4n) is 1.53. The van der Waals surface area contributed by atoms with Crippen molar-refractivity contribution in [3.8, 4) is 11.5 Å². The average Bonchev–Trinajstić information content (AvgIpc) is 2.97. The van der Waals surface area contributed by atoms with Gasteiger partial charge in [0.05, 0.1) is 12.8 Å². The zero-order valence-corrected chi connectivity index (χ0v) is 11.5. The molecule has 2 aromatic rings. The Kier molecular flexibility index (Phi) is 4.86. The zero-order valence-electron chi connectivity index (χ0n) is 11.5. The first-order valence-corrected chi connectivity index (χ1v) is 6.26. The highest BCUT2D eigenvalue weighted by atomic mass is 16.5. The van der Waals surface area contributed by atoms with Gasteiger partial charge in [-0.15, -0.1) is 10.2 Å². The monoisotopic (exact) mass is 289 g/mol. The largest absolute Gasteiger partial charge is 0.490 e. The predicted molar refractivity (Wildman–Crippen MR) is 75.3 cm³/mol. The van der Waals surface area contributed by atoms with E-state index in [0.29, 0.717) is 18.1 Å². The second-order valence-electron chi connectivity index (χ2n) is 3.98. The Morgan fingerprint density at radius 3 is 2.76 bits per heavy atom. The minimum atomic E-state index is -0.546. The van der Waals surface area contributed by atoms with Gasteiger partial charge in [-0.3, -0.25) is 4.79 Å². The SMILES string of the molecule is CCOc1cc(/C=N/n2cnnc2)ccc1OCC(N)=O. The molecular weight excluding hydrogens is 274 g/mol. The molecule has 0 aliphatic heterocycles. The van der Waals surface area contributed by atoms with Crippen molar-refractivity contribution >= 4 is 12.1 Å². The normalized spacial score (nSPS) is 10.7. The number of hydrogen-bond donors (Lipinski definition) is 1. The summed E-state index contributed by atoms with van der Waals surface area (Å²) in [6.07, 6.45) is 4.58. The van der Waals surface area contributed by atoms with Crippen LogP contribution < -0.4 is 15.2 Å². The molecule has 21 heavy (non-hydrogen) atoms. The highest BCUT2D eigenvalue weighted by Crippen LogP contribution is 2.28. The van der Waals surface area contributed by atoms with Crippen molar-refractivity contribution in [2.24, 2.45) is 10.8 Å². The molecule has 0 saturated carbocycles. The maximum atomic E-state index is 10.8. The van der Waals surface area contributed by atoms with Crippen LogP contribution in [0.4, 0.5) is 0 Å². The lowest BCUT2D eigenvalue weighted by Gasteiger charge is -2.11. The molecule has 0 atom stereocenters. The Balaban J connectivity index is 2.16. The lowest BCUT2D eigenvalue weighted by atomic mass is 10.2. The Hall–Kier alpha value is -2.90. The molecule has 1 aromatic carbocycles. The van der Waals surface area contributed by atoms with Crippen molar-refractivity contribution in [1.82, 2.24) is 14.9 Å². The highest BCUT2D eigenvalue weighted by molar-refractivity contribution is 5.81. The van der Waals surface area contributed by atoms with Crippen molar-refractivity contribution in [3.05, 3.63) is 36.4 Å². The minimum absolute atomic E-state index is 0.200. The van der Waals surface area contributed by atoms with E-state index in [0.717, 1.165) is 5.56 Å². The summed E-state index contributed by atoms with van der Waals surface area (Å²) in [5, 5.41) is 11.4. The molecule has 8 heteroatoms. The molecule has 1 heterocycles. The first-order valence-electron chi connectivity index (χ1n) is 6.26. The highest BCUT2D eigenvalue weighted by Gasteiger charge is 2.07. The van der Waals surface area contributed by atoms with Crippen LogP contribution in [0.2, 0.25) is 0 Å². The Morgan fingerprint density at radius 2 is 2.10 bits per heavy atom. The number of carbonyl (C=O) groups excluding carboxylic acids is 1.